The molecule has 110 valence electrons. The molecule has 0 aliphatic heterocycles. The van der Waals surface area contributed by atoms with Gasteiger partial charge in [-0.2, -0.15) is 0 Å². The molecule has 1 aromatic rings. The molecule has 0 heterocycles. The Morgan fingerprint density at radius 2 is 1.95 bits per heavy atom. The van der Waals surface area contributed by atoms with Gasteiger partial charge in [0.1, 0.15) is 11.4 Å². The molecule has 0 aromatic heterocycles. The van der Waals surface area contributed by atoms with E-state index in [2.05, 4.69) is 0 Å². The van der Waals surface area contributed by atoms with Crippen molar-refractivity contribution in [2.75, 3.05) is 6.61 Å². The van der Waals surface area contributed by atoms with Gasteiger partial charge in [0.15, 0.2) is 6.61 Å². The number of hydrogen-bond donors (Lipinski definition) is 1. The van der Waals surface area contributed by atoms with E-state index in [1.165, 1.54) is 0 Å². The zero-order valence-corrected chi connectivity index (χ0v) is 12.3. The van der Waals surface area contributed by atoms with Crippen LogP contribution >= 0.6 is 0 Å². The molecule has 4 heteroatoms. The molecule has 0 aliphatic carbocycles. The van der Waals surface area contributed by atoms with Gasteiger partial charge in [-0.25, -0.2) is 4.79 Å². The summed E-state index contributed by atoms with van der Waals surface area (Å²) >= 11 is 0. The molecule has 0 amide bonds. The molecule has 20 heavy (non-hydrogen) atoms. The predicted octanol–water partition coefficient (Wildman–Crippen LogP) is 2.85. The first-order chi connectivity index (χ1) is 9.46. The van der Waals surface area contributed by atoms with Gasteiger partial charge in [-0.15, -0.1) is 0 Å². The molecule has 0 saturated heterocycles. The van der Waals surface area contributed by atoms with E-state index in [9.17, 15) is 4.79 Å². The minimum atomic E-state index is -0.628. The highest BCUT2D eigenvalue weighted by atomic mass is 16.6. The number of hydrogen-bond acceptors (Lipinski definition) is 4. The summed E-state index contributed by atoms with van der Waals surface area (Å²) in [5.41, 5.74) is 0.169. The summed E-state index contributed by atoms with van der Waals surface area (Å²) in [6.07, 6.45) is 4.72. The van der Waals surface area contributed by atoms with E-state index < -0.39 is 11.6 Å². The number of carbonyl (C=O) groups excluding carboxylic acids is 1. The Kier molecular flexibility index (Phi) is 6.25. The summed E-state index contributed by atoms with van der Waals surface area (Å²) in [6.45, 7) is 5.52. The van der Waals surface area contributed by atoms with Crippen LogP contribution in [0.5, 0.6) is 5.75 Å². The van der Waals surface area contributed by atoms with Crippen LogP contribution in [0.15, 0.2) is 36.4 Å². The maximum absolute atomic E-state index is 11.7. The van der Waals surface area contributed by atoms with Gasteiger partial charge in [-0.05, 0) is 44.0 Å². The fraction of sp³-hybridized carbons (Fsp3) is 0.438. The van der Waals surface area contributed by atoms with Crippen molar-refractivity contribution in [3.05, 3.63) is 42.0 Å². The smallest absolute Gasteiger partial charge is 0.345 e. The van der Waals surface area contributed by atoms with Crippen molar-refractivity contribution in [1.82, 2.24) is 0 Å². The molecule has 0 unspecified atom stereocenters. The van der Waals surface area contributed by atoms with Crippen LogP contribution in [0.1, 0.15) is 32.8 Å². The zero-order chi connectivity index (χ0) is 15.0. The van der Waals surface area contributed by atoms with E-state index in [1.807, 2.05) is 32.9 Å². The third kappa shape index (κ3) is 5.89. The van der Waals surface area contributed by atoms with Crippen LogP contribution in [0.2, 0.25) is 0 Å². The molecule has 0 spiro atoms. The van der Waals surface area contributed by atoms with E-state index in [4.69, 9.17) is 14.6 Å². The maximum atomic E-state index is 11.7. The summed E-state index contributed by atoms with van der Waals surface area (Å²) in [4.78, 5) is 11.7. The number of esters is 1. The lowest BCUT2D eigenvalue weighted by molar-refractivity contribution is -0.154. The van der Waals surface area contributed by atoms with Crippen molar-refractivity contribution in [3.8, 4) is 5.75 Å². The van der Waals surface area contributed by atoms with Crippen molar-refractivity contribution in [3.63, 3.8) is 0 Å². The molecule has 0 saturated carbocycles. The van der Waals surface area contributed by atoms with Gasteiger partial charge in [-0.1, -0.05) is 25.1 Å². The van der Waals surface area contributed by atoms with Gasteiger partial charge < -0.3 is 14.6 Å². The minimum absolute atomic E-state index is 0.0136. The number of rotatable bonds is 7. The summed E-state index contributed by atoms with van der Waals surface area (Å²) in [5, 5.41) is 8.92. The van der Waals surface area contributed by atoms with Crippen LogP contribution in [0, 0.1) is 0 Å². The fourth-order valence-electron chi connectivity index (χ4n) is 1.59. The maximum Gasteiger partial charge on any atom is 0.345 e. The Hall–Kier alpha value is -1.81. The second-order valence-electron chi connectivity index (χ2n) is 4.98. The average Bonchev–Trinajstić information content (AvgIpc) is 2.43. The molecule has 0 bridgehead atoms. The normalized spacial score (nSPS) is 11.6. The van der Waals surface area contributed by atoms with E-state index in [0.717, 1.165) is 12.0 Å². The molecule has 1 N–H and O–H groups in total. The van der Waals surface area contributed by atoms with Gasteiger partial charge in [0.05, 0.1) is 6.61 Å². The Morgan fingerprint density at radius 1 is 1.30 bits per heavy atom. The highest BCUT2D eigenvalue weighted by Gasteiger charge is 2.19. The van der Waals surface area contributed by atoms with Crippen molar-refractivity contribution in [1.29, 1.82) is 0 Å². The number of ether oxygens (including phenoxy) is 2. The third-order valence-corrected chi connectivity index (χ3v) is 2.59. The molecule has 4 nitrogen and oxygen atoms in total. The minimum Gasteiger partial charge on any atom is -0.482 e. The largest absolute Gasteiger partial charge is 0.482 e. The summed E-state index contributed by atoms with van der Waals surface area (Å²) in [7, 11) is 0. The van der Waals surface area contributed by atoms with Crippen LogP contribution in [-0.4, -0.2) is 23.3 Å². The molecule has 0 atom stereocenters. The van der Waals surface area contributed by atoms with Gasteiger partial charge in [0.2, 0.25) is 0 Å². The lowest BCUT2D eigenvalue weighted by Gasteiger charge is -2.21. The molecular formula is C16H22O4. The Labute approximate surface area is 120 Å². The molecular weight excluding hydrogens is 256 g/mol. The number of carbonyl (C=O) groups is 1. The molecule has 0 aliphatic rings. The van der Waals surface area contributed by atoms with Crippen LogP contribution < -0.4 is 4.74 Å². The second-order valence-corrected chi connectivity index (χ2v) is 4.98. The standard InChI is InChI=1S/C16H22O4/c1-4-5-10-16(2,3)20-15(18)12-19-14-8-6-13(11-17)7-9-14/h5-10,17H,4,11-12H2,1-3H3. The topological polar surface area (TPSA) is 55.8 Å². The number of allylic oxidation sites excluding steroid dienone is 1. The lowest BCUT2D eigenvalue weighted by atomic mass is 10.1. The first-order valence-corrected chi connectivity index (χ1v) is 6.69. The molecule has 1 aromatic carbocycles. The van der Waals surface area contributed by atoms with E-state index in [1.54, 1.807) is 24.3 Å². The van der Waals surface area contributed by atoms with Crippen molar-refractivity contribution < 1.29 is 19.4 Å². The average molecular weight is 278 g/mol. The molecule has 0 fully saturated rings. The summed E-state index contributed by atoms with van der Waals surface area (Å²) < 4.78 is 10.7. The van der Waals surface area contributed by atoms with Gasteiger partial charge >= 0.3 is 5.97 Å². The molecule has 0 radical (unpaired) electrons. The quantitative estimate of drug-likeness (QED) is 0.615. The SMILES string of the molecule is CCC=CC(C)(C)OC(=O)COc1ccc(CO)cc1. The van der Waals surface area contributed by atoms with Gasteiger partial charge in [-0.3, -0.25) is 0 Å². The van der Waals surface area contributed by atoms with Crippen LogP contribution in [0.25, 0.3) is 0 Å². The van der Waals surface area contributed by atoms with E-state index >= 15 is 0 Å². The number of aliphatic hydroxyl groups is 1. The summed E-state index contributed by atoms with van der Waals surface area (Å²) in [5.74, 6) is 0.156. The highest BCUT2D eigenvalue weighted by Crippen LogP contribution is 2.14. The van der Waals surface area contributed by atoms with Crippen LogP contribution in [0.3, 0.4) is 0 Å². The van der Waals surface area contributed by atoms with Gasteiger partial charge in [0.25, 0.3) is 0 Å². The lowest BCUT2D eigenvalue weighted by Crippen LogP contribution is -2.28. The van der Waals surface area contributed by atoms with Crippen molar-refractivity contribution in [2.45, 2.75) is 39.4 Å². The van der Waals surface area contributed by atoms with Crippen molar-refractivity contribution >= 4 is 5.97 Å². The Balaban J connectivity index is 2.44. The highest BCUT2D eigenvalue weighted by molar-refractivity contribution is 5.71. The first-order valence-electron chi connectivity index (χ1n) is 6.69. The fourth-order valence-corrected chi connectivity index (χ4v) is 1.59. The van der Waals surface area contributed by atoms with Gasteiger partial charge in [0, 0.05) is 0 Å². The van der Waals surface area contributed by atoms with Crippen LogP contribution in [-0.2, 0) is 16.1 Å². The van der Waals surface area contributed by atoms with E-state index in [0.29, 0.717) is 5.75 Å². The predicted molar refractivity (Wildman–Crippen MR) is 77.5 cm³/mol. The van der Waals surface area contributed by atoms with E-state index in [-0.39, 0.29) is 13.2 Å². The number of aliphatic hydroxyl groups excluding tert-OH is 1. The van der Waals surface area contributed by atoms with Crippen LogP contribution in [0.4, 0.5) is 0 Å². The van der Waals surface area contributed by atoms with Crippen molar-refractivity contribution in [2.24, 2.45) is 0 Å². The Morgan fingerprint density at radius 3 is 2.50 bits per heavy atom. The second kappa shape index (κ2) is 7.70. The third-order valence-electron chi connectivity index (χ3n) is 2.59. The summed E-state index contributed by atoms with van der Waals surface area (Å²) in [6, 6.07) is 6.91. The first kappa shape index (κ1) is 16.2. The zero-order valence-electron chi connectivity index (χ0n) is 12.3. The monoisotopic (exact) mass is 278 g/mol. The molecule has 1 rings (SSSR count). The Bertz CT molecular complexity index is 446. The number of benzene rings is 1.